The van der Waals surface area contributed by atoms with E-state index in [0.717, 1.165) is 55.6 Å². The molecule has 0 fully saturated rings. The first-order chi connectivity index (χ1) is 26.7. The normalized spacial score (nSPS) is 11.3. The lowest BCUT2D eigenvalue weighted by molar-refractivity contribution is 1.47. The molecule has 0 aliphatic heterocycles. The van der Waals surface area contributed by atoms with Gasteiger partial charge in [-0.05, 0) is 122 Å². The second kappa shape index (κ2) is 13.0. The van der Waals surface area contributed by atoms with Crippen molar-refractivity contribution < 1.29 is 0 Å². The van der Waals surface area contributed by atoms with Gasteiger partial charge in [-0.15, -0.1) is 22.7 Å². The molecule has 250 valence electrons. The molecule has 2 aromatic heterocycles. The zero-order valence-corrected chi connectivity index (χ0v) is 30.5. The Morgan fingerprint density at radius 1 is 0.315 bits per heavy atom. The van der Waals surface area contributed by atoms with Gasteiger partial charge in [0.05, 0.1) is 23.3 Å². The molecule has 0 atom stereocenters. The molecule has 4 heteroatoms. The maximum Gasteiger partial charge on any atom is 0.0991 e. The Balaban J connectivity index is 1.40. The van der Waals surface area contributed by atoms with Gasteiger partial charge < -0.3 is 0 Å². The highest BCUT2D eigenvalue weighted by molar-refractivity contribution is 7.26. The predicted octanol–water partition coefficient (Wildman–Crippen LogP) is 14.5. The van der Waals surface area contributed by atoms with Crippen LogP contribution >= 0.6 is 22.7 Å². The van der Waals surface area contributed by atoms with E-state index in [9.17, 15) is 10.5 Å². The molecule has 0 aliphatic rings. The average Bonchev–Trinajstić information content (AvgIpc) is 3.81. The van der Waals surface area contributed by atoms with Gasteiger partial charge in [0.25, 0.3) is 0 Å². The van der Waals surface area contributed by atoms with Gasteiger partial charge in [-0.2, -0.15) is 10.5 Å². The molecule has 2 heterocycles. The number of hydrogen-bond donors (Lipinski definition) is 0. The number of fused-ring (bicyclic) bond motifs is 6. The summed E-state index contributed by atoms with van der Waals surface area (Å²) in [5.74, 6) is 0. The fourth-order valence-corrected chi connectivity index (χ4v) is 10.1. The van der Waals surface area contributed by atoms with Crippen molar-refractivity contribution in [2.24, 2.45) is 0 Å². The summed E-state index contributed by atoms with van der Waals surface area (Å²) in [6.07, 6.45) is 0. The van der Waals surface area contributed by atoms with Crippen LogP contribution in [0.4, 0.5) is 0 Å². The third kappa shape index (κ3) is 5.28. The highest BCUT2D eigenvalue weighted by Gasteiger charge is 2.25. The largest absolute Gasteiger partial charge is 0.192 e. The fourth-order valence-electron chi connectivity index (χ4n) is 7.91. The molecule has 54 heavy (non-hydrogen) atoms. The first-order valence-electron chi connectivity index (χ1n) is 17.8. The molecule has 0 saturated carbocycles. The predicted molar refractivity (Wildman–Crippen MR) is 229 cm³/mol. The molecule has 0 N–H and O–H groups in total. The van der Waals surface area contributed by atoms with Gasteiger partial charge in [0.1, 0.15) is 0 Å². The van der Waals surface area contributed by atoms with Gasteiger partial charge in [0.15, 0.2) is 0 Å². The Morgan fingerprint density at radius 2 is 0.759 bits per heavy atom. The van der Waals surface area contributed by atoms with Crippen molar-refractivity contribution in [3.63, 3.8) is 0 Å². The van der Waals surface area contributed by atoms with E-state index in [0.29, 0.717) is 11.1 Å². The third-order valence-electron chi connectivity index (χ3n) is 10.3. The molecule has 0 radical (unpaired) electrons. The molecule has 0 spiro atoms. The van der Waals surface area contributed by atoms with E-state index in [4.69, 9.17) is 0 Å². The Kier molecular flexibility index (Phi) is 7.67. The molecule has 0 unspecified atom stereocenters. The maximum atomic E-state index is 10.1. The minimum absolute atomic E-state index is 0.601. The summed E-state index contributed by atoms with van der Waals surface area (Å²) in [6.45, 7) is 0. The lowest BCUT2D eigenvalue weighted by atomic mass is 9.78. The van der Waals surface area contributed by atoms with Crippen LogP contribution in [-0.2, 0) is 0 Å². The molecule has 8 aromatic carbocycles. The second-order valence-electron chi connectivity index (χ2n) is 13.5. The summed E-state index contributed by atoms with van der Waals surface area (Å²) in [4.78, 5) is 0. The molecule has 0 amide bonds. The Labute approximate surface area is 320 Å². The zero-order valence-electron chi connectivity index (χ0n) is 28.9. The SMILES string of the molecule is N#Cc1cccc(-c2c(-c3ccc4sc5ccccc5c4c3)cc(-c3ccc4sc5ccccc5c4c3)c(-c3cccc(C#N)c3)c2-c2ccccc2)c1. The molecular weight excluding hydrogens is 693 g/mol. The molecule has 10 rings (SSSR count). The minimum Gasteiger partial charge on any atom is -0.192 e. The van der Waals surface area contributed by atoms with Crippen LogP contribution in [0.1, 0.15) is 11.1 Å². The fraction of sp³-hybridized carbons (Fsp3) is 0. The summed E-state index contributed by atoms with van der Waals surface area (Å²) in [6, 6.07) is 64.5. The highest BCUT2D eigenvalue weighted by Crippen LogP contribution is 2.52. The standard InChI is InChI=1S/C50H28N2S2/c51-29-31-10-8-14-36(24-31)48-40(34-20-22-46-42(26-34)38-16-4-6-18-44(38)53-46)28-41(35-21-23-47-43(27-35)39-17-5-7-19-45(39)54-47)49(37-15-9-11-32(25-37)30-52)50(48)33-12-2-1-3-13-33/h1-28H. The quantitative estimate of drug-likeness (QED) is 0.178. The first-order valence-corrected chi connectivity index (χ1v) is 19.4. The van der Waals surface area contributed by atoms with E-state index in [1.807, 2.05) is 65.1 Å². The van der Waals surface area contributed by atoms with Gasteiger partial charge in [-0.1, -0.05) is 103 Å². The Hall–Kier alpha value is -6.82. The van der Waals surface area contributed by atoms with Crippen LogP contribution in [0.3, 0.4) is 0 Å². The van der Waals surface area contributed by atoms with Gasteiger partial charge in [0, 0.05) is 40.3 Å². The summed E-state index contributed by atoms with van der Waals surface area (Å²) < 4.78 is 5.02. The molecule has 0 saturated heterocycles. The van der Waals surface area contributed by atoms with Crippen LogP contribution in [0.5, 0.6) is 0 Å². The van der Waals surface area contributed by atoms with Gasteiger partial charge >= 0.3 is 0 Å². The number of rotatable bonds is 5. The van der Waals surface area contributed by atoms with Gasteiger partial charge in [-0.3, -0.25) is 0 Å². The monoisotopic (exact) mass is 720 g/mol. The number of benzene rings is 8. The second-order valence-corrected chi connectivity index (χ2v) is 15.6. The summed E-state index contributed by atoms with van der Waals surface area (Å²) in [5, 5.41) is 25.2. The van der Waals surface area contributed by atoms with Gasteiger partial charge in [0.2, 0.25) is 0 Å². The molecule has 2 nitrogen and oxygen atoms in total. The number of thiophene rings is 2. The van der Waals surface area contributed by atoms with Crippen molar-refractivity contribution in [2.75, 3.05) is 0 Å². The number of hydrogen-bond acceptors (Lipinski definition) is 4. The lowest BCUT2D eigenvalue weighted by Crippen LogP contribution is -1.98. The van der Waals surface area contributed by atoms with E-state index in [1.165, 1.54) is 40.3 Å². The topological polar surface area (TPSA) is 47.6 Å². The van der Waals surface area contributed by atoms with Crippen LogP contribution in [0, 0.1) is 22.7 Å². The van der Waals surface area contributed by atoms with E-state index in [-0.39, 0.29) is 0 Å². The van der Waals surface area contributed by atoms with Crippen molar-refractivity contribution in [1.82, 2.24) is 0 Å². The third-order valence-corrected chi connectivity index (χ3v) is 12.6. The van der Waals surface area contributed by atoms with Crippen molar-refractivity contribution in [2.45, 2.75) is 0 Å². The number of nitriles is 2. The van der Waals surface area contributed by atoms with Crippen molar-refractivity contribution in [1.29, 1.82) is 10.5 Å². The van der Waals surface area contributed by atoms with E-state index in [1.54, 1.807) is 0 Å². The summed E-state index contributed by atoms with van der Waals surface area (Å²) in [5.41, 5.74) is 11.7. The Morgan fingerprint density at radius 3 is 1.26 bits per heavy atom. The zero-order chi connectivity index (χ0) is 36.2. The van der Waals surface area contributed by atoms with Gasteiger partial charge in [-0.25, -0.2) is 0 Å². The van der Waals surface area contributed by atoms with Crippen LogP contribution in [0.25, 0.3) is 96.0 Å². The summed E-state index contributed by atoms with van der Waals surface area (Å²) in [7, 11) is 0. The Bertz CT molecular complexity index is 3000. The van der Waals surface area contributed by atoms with Crippen molar-refractivity contribution in [3.05, 3.63) is 181 Å². The smallest absolute Gasteiger partial charge is 0.0991 e. The van der Waals surface area contributed by atoms with E-state index < -0.39 is 0 Å². The van der Waals surface area contributed by atoms with E-state index in [2.05, 4.69) is 140 Å². The lowest BCUT2D eigenvalue weighted by Gasteiger charge is -2.25. The van der Waals surface area contributed by atoms with E-state index >= 15 is 0 Å². The molecular formula is C50H28N2S2. The van der Waals surface area contributed by atoms with Crippen molar-refractivity contribution >= 4 is 63.0 Å². The summed E-state index contributed by atoms with van der Waals surface area (Å²) >= 11 is 3.63. The minimum atomic E-state index is 0.601. The average molecular weight is 721 g/mol. The number of nitrogens with zero attached hydrogens (tertiary/aromatic N) is 2. The highest BCUT2D eigenvalue weighted by atomic mass is 32.1. The molecule has 10 aromatic rings. The van der Waals surface area contributed by atoms with Crippen LogP contribution in [0.2, 0.25) is 0 Å². The van der Waals surface area contributed by atoms with Crippen LogP contribution in [0.15, 0.2) is 170 Å². The first kappa shape index (κ1) is 31.9. The van der Waals surface area contributed by atoms with Crippen LogP contribution in [-0.4, -0.2) is 0 Å². The van der Waals surface area contributed by atoms with Crippen molar-refractivity contribution in [3.8, 4) is 67.8 Å². The molecule has 0 bridgehead atoms. The molecule has 0 aliphatic carbocycles. The van der Waals surface area contributed by atoms with Crippen LogP contribution < -0.4 is 0 Å². The maximum absolute atomic E-state index is 10.1.